The number of nitriles is 1. The molecule has 66 valence electrons. The molecule has 1 aliphatic rings. The van der Waals surface area contributed by atoms with Gasteiger partial charge in [0.2, 0.25) is 0 Å². The van der Waals surface area contributed by atoms with E-state index in [9.17, 15) is 0 Å². The monoisotopic (exact) mass is 163 g/mol. The van der Waals surface area contributed by atoms with Crippen LogP contribution in [0.4, 0.5) is 0 Å². The van der Waals surface area contributed by atoms with Crippen molar-refractivity contribution >= 4 is 0 Å². The van der Waals surface area contributed by atoms with Crippen LogP contribution in [0.25, 0.3) is 0 Å². The second kappa shape index (κ2) is 4.83. The molecule has 1 heteroatoms. The van der Waals surface area contributed by atoms with E-state index >= 15 is 0 Å². The molecule has 0 aliphatic heterocycles. The average molecular weight is 163 g/mol. The largest absolute Gasteiger partial charge is 0.198 e. The van der Waals surface area contributed by atoms with Gasteiger partial charge in [0.25, 0.3) is 0 Å². The van der Waals surface area contributed by atoms with Gasteiger partial charge in [0, 0.05) is 0 Å². The summed E-state index contributed by atoms with van der Waals surface area (Å²) in [7, 11) is 0. The third-order valence-corrected chi connectivity index (χ3v) is 2.93. The molecule has 0 aromatic carbocycles. The Labute approximate surface area is 75.8 Å². The number of nitrogens with zero attached hydrogens (tertiary/aromatic N) is 1. The van der Waals surface area contributed by atoms with Crippen molar-refractivity contribution in [2.24, 2.45) is 11.3 Å². The second-order valence-corrected chi connectivity index (χ2v) is 3.68. The standard InChI is InChI=1S/C9H15N.C2H2/c1-8-5-3-4-6-9(8,2)7-10;1-2/h8H,3-6H2,1-2H3;1-2H/t8?,9-;/m0./s1. The molecule has 0 spiro atoms. The molecule has 2 atom stereocenters. The van der Waals surface area contributed by atoms with E-state index in [1.807, 2.05) is 0 Å². The third kappa shape index (κ3) is 2.28. The fraction of sp³-hybridized carbons (Fsp3) is 0.727. The van der Waals surface area contributed by atoms with Crippen LogP contribution >= 0.6 is 0 Å². The maximum atomic E-state index is 8.87. The summed E-state index contributed by atoms with van der Waals surface area (Å²) in [6.07, 6.45) is 12.9. The van der Waals surface area contributed by atoms with Gasteiger partial charge in [-0.1, -0.05) is 19.8 Å². The van der Waals surface area contributed by atoms with Crippen molar-refractivity contribution in [1.82, 2.24) is 0 Å². The fourth-order valence-corrected chi connectivity index (χ4v) is 1.67. The van der Waals surface area contributed by atoms with Gasteiger partial charge in [0.15, 0.2) is 0 Å². The number of hydrogen-bond acceptors (Lipinski definition) is 1. The van der Waals surface area contributed by atoms with Gasteiger partial charge in [-0.2, -0.15) is 5.26 Å². The maximum absolute atomic E-state index is 8.87. The summed E-state index contributed by atoms with van der Waals surface area (Å²) < 4.78 is 0. The number of terminal acetylenes is 1. The van der Waals surface area contributed by atoms with Gasteiger partial charge in [0.05, 0.1) is 11.5 Å². The van der Waals surface area contributed by atoms with Crippen molar-refractivity contribution < 1.29 is 0 Å². The highest BCUT2D eigenvalue weighted by molar-refractivity contribution is 5.00. The van der Waals surface area contributed by atoms with Crippen molar-refractivity contribution in [2.75, 3.05) is 0 Å². The molecule has 1 rings (SSSR count). The van der Waals surface area contributed by atoms with Gasteiger partial charge in [-0.25, -0.2) is 0 Å². The van der Waals surface area contributed by atoms with Gasteiger partial charge in [-0.3, -0.25) is 0 Å². The zero-order chi connectivity index (χ0) is 9.61. The molecular weight excluding hydrogens is 146 g/mol. The summed E-state index contributed by atoms with van der Waals surface area (Å²) in [5, 5.41) is 8.87. The van der Waals surface area contributed by atoms with Gasteiger partial charge < -0.3 is 0 Å². The number of rotatable bonds is 0. The molecule has 1 nitrogen and oxygen atoms in total. The molecule has 0 heterocycles. The van der Waals surface area contributed by atoms with Crippen LogP contribution in [0.3, 0.4) is 0 Å². The first kappa shape index (κ1) is 11.1. The van der Waals surface area contributed by atoms with Gasteiger partial charge in [-0.05, 0) is 25.7 Å². The zero-order valence-electron chi connectivity index (χ0n) is 8.01. The summed E-state index contributed by atoms with van der Waals surface area (Å²) in [6.45, 7) is 4.29. The Morgan fingerprint density at radius 2 is 2.00 bits per heavy atom. The molecule has 0 aromatic heterocycles. The van der Waals surface area contributed by atoms with Crippen LogP contribution in [0.15, 0.2) is 0 Å². The predicted octanol–water partition coefficient (Wildman–Crippen LogP) is 2.98. The summed E-state index contributed by atoms with van der Waals surface area (Å²) in [6, 6.07) is 2.43. The van der Waals surface area contributed by atoms with E-state index in [0.717, 1.165) is 6.42 Å². The van der Waals surface area contributed by atoms with E-state index in [0.29, 0.717) is 5.92 Å². The maximum Gasteiger partial charge on any atom is 0.0689 e. The summed E-state index contributed by atoms with van der Waals surface area (Å²) in [4.78, 5) is 0. The Hall–Kier alpha value is -0.950. The molecule has 12 heavy (non-hydrogen) atoms. The predicted molar refractivity (Wildman–Crippen MR) is 51.2 cm³/mol. The van der Waals surface area contributed by atoms with Crippen LogP contribution in [0.2, 0.25) is 0 Å². The van der Waals surface area contributed by atoms with Gasteiger partial charge in [-0.15, -0.1) is 12.8 Å². The smallest absolute Gasteiger partial charge is 0.0689 e. The minimum absolute atomic E-state index is 0.0156. The third-order valence-electron chi connectivity index (χ3n) is 2.93. The topological polar surface area (TPSA) is 23.8 Å². The molecule has 1 unspecified atom stereocenters. The van der Waals surface area contributed by atoms with Crippen molar-refractivity contribution in [1.29, 1.82) is 5.26 Å². The van der Waals surface area contributed by atoms with Gasteiger partial charge in [0.1, 0.15) is 0 Å². The Bertz CT molecular complexity index is 187. The minimum atomic E-state index is -0.0156. The summed E-state index contributed by atoms with van der Waals surface area (Å²) in [5.74, 6) is 0.603. The van der Waals surface area contributed by atoms with Crippen LogP contribution in [0.5, 0.6) is 0 Å². The SMILES string of the molecule is C#C.CC1CCCC[C@@]1(C)C#N. The lowest BCUT2D eigenvalue weighted by Gasteiger charge is -2.33. The lowest BCUT2D eigenvalue weighted by atomic mass is 9.69. The van der Waals surface area contributed by atoms with E-state index < -0.39 is 0 Å². The van der Waals surface area contributed by atoms with Crippen LogP contribution in [-0.4, -0.2) is 0 Å². The van der Waals surface area contributed by atoms with Crippen molar-refractivity contribution in [3.8, 4) is 18.9 Å². The lowest BCUT2D eigenvalue weighted by Crippen LogP contribution is -2.26. The molecule has 0 amide bonds. The Morgan fingerprint density at radius 3 is 2.33 bits per heavy atom. The van der Waals surface area contributed by atoms with Crippen LogP contribution in [-0.2, 0) is 0 Å². The van der Waals surface area contributed by atoms with E-state index in [-0.39, 0.29) is 5.41 Å². The molecule has 1 aliphatic carbocycles. The zero-order valence-corrected chi connectivity index (χ0v) is 8.01. The molecule has 1 saturated carbocycles. The Kier molecular flexibility index (Phi) is 4.45. The van der Waals surface area contributed by atoms with Crippen molar-refractivity contribution in [3.63, 3.8) is 0 Å². The Morgan fingerprint density at radius 1 is 1.42 bits per heavy atom. The van der Waals surface area contributed by atoms with Crippen molar-refractivity contribution in [3.05, 3.63) is 0 Å². The first-order valence-corrected chi connectivity index (χ1v) is 4.43. The minimum Gasteiger partial charge on any atom is -0.198 e. The van der Waals surface area contributed by atoms with E-state index in [2.05, 4.69) is 32.8 Å². The second-order valence-electron chi connectivity index (χ2n) is 3.68. The molecule has 0 N–H and O–H groups in total. The summed E-state index contributed by atoms with van der Waals surface area (Å²) in [5.41, 5.74) is -0.0156. The first-order valence-electron chi connectivity index (χ1n) is 4.43. The molecule has 0 bridgehead atoms. The number of hydrogen-bond donors (Lipinski definition) is 0. The highest BCUT2D eigenvalue weighted by Gasteiger charge is 2.33. The average Bonchev–Trinajstić information content (AvgIpc) is 2.14. The quantitative estimate of drug-likeness (QED) is 0.504. The molecule has 1 fully saturated rings. The normalized spacial score (nSPS) is 34.1. The Balaban J connectivity index is 0.000000561. The first-order chi connectivity index (χ1) is 5.69. The van der Waals surface area contributed by atoms with Crippen LogP contribution in [0, 0.1) is 35.5 Å². The van der Waals surface area contributed by atoms with Gasteiger partial charge >= 0.3 is 0 Å². The van der Waals surface area contributed by atoms with E-state index in [1.54, 1.807) is 0 Å². The van der Waals surface area contributed by atoms with Crippen molar-refractivity contribution in [2.45, 2.75) is 39.5 Å². The summed E-state index contributed by atoms with van der Waals surface area (Å²) >= 11 is 0. The highest BCUT2D eigenvalue weighted by Crippen LogP contribution is 2.39. The highest BCUT2D eigenvalue weighted by atomic mass is 14.4. The lowest BCUT2D eigenvalue weighted by molar-refractivity contribution is 0.198. The molecule has 0 saturated heterocycles. The molecular formula is C11H17N. The van der Waals surface area contributed by atoms with E-state index in [4.69, 9.17) is 5.26 Å². The fourth-order valence-electron chi connectivity index (χ4n) is 1.67. The van der Waals surface area contributed by atoms with Crippen LogP contribution in [0.1, 0.15) is 39.5 Å². The molecule has 0 radical (unpaired) electrons. The molecule has 0 aromatic rings. The van der Waals surface area contributed by atoms with Crippen LogP contribution < -0.4 is 0 Å². The van der Waals surface area contributed by atoms with E-state index in [1.165, 1.54) is 19.3 Å².